The van der Waals surface area contributed by atoms with Gasteiger partial charge in [0.2, 0.25) is 5.91 Å². The van der Waals surface area contributed by atoms with Crippen molar-refractivity contribution in [2.24, 2.45) is 0 Å². The molecular weight excluding hydrogens is 389 g/mol. The molecule has 0 spiro atoms. The van der Waals surface area contributed by atoms with Crippen LogP contribution in [-0.2, 0) is 4.79 Å². The molecule has 2 aromatic rings. The molecule has 0 atom stereocenters. The predicted molar refractivity (Wildman–Crippen MR) is 86.0 cm³/mol. The lowest BCUT2D eigenvalue weighted by Gasteiger charge is -2.08. The Morgan fingerprint density at radius 2 is 1.62 bits per heavy atom. The van der Waals surface area contributed by atoms with Crippen LogP contribution in [0.4, 0.5) is 18.9 Å². The van der Waals surface area contributed by atoms with Crippen LogP contribution in [0, 0.1) is 17.5 Å². The van der Waals surface area contributed by atoms with Crippen molar-refractivity contribution < 1.29 is 22.8 Å². The summed E-state index contributed by atoms with van der Waals surface area (Å²) < 4.78 is 40.1. The third-order valence-corrected chi connectivity index (χ3v) is 3.58. The van der Waals surface area contributed by atoms with Crippen LogP contribution in [0.15, 0.2) is 40.9 Å². The summed E-state index contributed by atoms with van der Waals surface area (Å²) in [7, 11) is 0. The van der Waals surface area contributed by atoms with Gasteiger partial charge in [-0.2, -0.15) is 0 Å². The molecule has 0 bridgehead atoms. The Balaban J connectivity index is 1.84. The highest BCUT2D eigenvalue weighted by molar-refractivity contribution is 9.10. The number of nitrogens with one attached hydrogen (secondary N) is 2. The van der Waals surface area contributed by atoms with Crippen LogP contribution in [-0.4, -0.2) is 18.4 Å². The Morgan fingerprint density at radius 3 is 2.29 bits per heavy atom. The molecule has 0 aliphatic heterocycles. The van der Waals surface area contributed by atoms with Gasteiger partial charge in [-0.25, -0.2) is 13.2 Å². The van der Waals surface area contributed by atoms with Gasteiger partial charge in [0.15, 0.2) is 17.5 Å². The number of benzene rings is 2. The smallest absolute Gasteiger partial charge is 0.251 e. The highest BCUT2D eigenvalue weighted by Crippen LogP contribution is 2.19. The molecule has 8 heteroatoms. The molecule has 24 heavy (non-hydrogen) atoms. The van der Waals surface area contributed by atoms with Crippen molar-refractivity contribution in [3.63, 3.8) is 0 Å². The summed E-state index contributed by atoms with van der Waals surface area (Å²) in [5, 5.41) is 4.65. The van der Waals surface area contributed by atoms with Gasteiger partial charge in [0.1, 0.15) is 0 Å². The standard InChI is InChI=1S/C16H12BrF3N2O2/c17-10-3-1-9(2-4-10)16(24)21-8-7-13(23)22-12-6-5-11(18)14(19)15(12)20/h1-6H,7-8H2,(H,21,24)(H,22,23). The molecule has 0 aliphatic rings. The molecule has 0 heterocycles. The highest BCUT2D eigenvalue weighted by atomic mass is 79.9. The van der Waals surface area contributed by atoms with Gasteiger partial charge >= 0.3 is 0 Å². The van der Waals surface area contributed by atoms with Gasteiger partial charge in [0.05, 0.1) is 5.69 Å². The molecule has 2 aromatic carbocycles. The van der Waals surface area contributed by atoms with E-state index in [1.54, 1.807) is 24.3 Å². The summed E-state index contributed by atoms with van der Waals surface area (Å²) in [6, 6.07) is 8.25. The average molecular weight is 401 g/mol. The number of halogens is 4. The average Bonchev–Trinajstić information content (AvgIpc) is 2.56. The van der Waals surface area contributed by atoms with E-state index in [4.69, 9.17) is 0 Å². The van der Waals surface area contributed by atoms with E-state index in [9.17, 15) is 22.8 Å². The summed E-state index contributed by atoms with van der Waals surface area (Å²) in [4.78, 5) is 23.5. The summed E-state index contributed by atoms with van der Waals surface area (Å²) in [6.45, 7) is 0.00598. The minimum atomic E-state index is -1.66. The second-order valence-corrected chi connectivity index (χ2v) is 5.70. The van der Waals surface area contributed by atoms with Crippen molar-refractivity contribution in [3.05, 3.63) is 63.9 Å². The first kappa shape index (κ1) is 18.0. The first-order chi connectivity index (χ1) is 11.4. The molecular formula is C16H12BrF3N2O2. The maximum Gasteiger partial charge on any atom is 0.251 e. The van der Waals surface area contributed by atoms with Crippen LogP contribution in [0.5, 0.6) is 0 Å². The third kappa shape index (κ3) is 4.58. The molecule has 2 amide bonds. The van der Waals surface area contributed by atoms with E-state index in [-0.39, 0.29) is 18.9 Å². The number of carbonyl (C=O) groups excluding carboxylic acids is 2. The SMILES string of the molecule is O=C(CCNC(=O)c1ccc(Br)cc1)Nc1ccc(F)c(F)c1F. The number of hydrogen-bond acceptors (Lipinski definition) is 2. The molecule has 0 saturated carbocycles. The van der Waals surface area contributed by atoms with Crippen molar-refractivity contribution in [1.29, 1.82) is 0 Å². The molecule has 0 unspecified atom stereocenters. The highest BCUT2D eigenvalue weighted by Gasteiger charge is 2.15. The van der Waals surface area contributed by atoms with Crippen LogP contribution < -0.4 is 10.6 Å². The van der Waals surface area contributed by atoms with Crippen LogP contribution in [0.2, 0.25) is 0 Å². The maximum atomic E-state index is 13.4. The van der Waals surface area contributed by atoms with Crippen LogP contribution in [0.25, 0.3) is 0 Å². The summed E-state index contributed by atoms with van der Waals surface area (Å²) >= 11 is 3.25. The fourth-order valence-electron chi connectivity index (χ4n) is 1.83. The van der Waals surface area contributed by atoms with Crippen LogP contribution in [0.1, 0.15) is 16.8 Å². The lowest BCUT2D eigenvalue weighted by Crippen LogP contribution is -2.27. The molecule has 4 nitrogen and oxygen atoms in total. The molecule has 0 radical (unpaired) electrons. The van der Waals surface area contributed by atoms with Crippen molar-refractivity contribution in [2.75, 3.05) is 11.9 Å². The molecule has 126 valence electrons. The normalized spacial score (nSPS) is 10.3. The van der Waals surface area contributed by atoms with Crippen LogP contribution in [0.3, 0.4) is 0 Å². The van der Waals surface area contributed by atoms with Crippen molar-refractivity contribution in [3.8, 4) is 0 Å². The second kappa shape index (κ2) is 7.96. The van der Waals surface area contributed by atoms with E-state index in [1.165, 1.54) is 0 Å². The van der Waals surface area contributed by atoms with Crippen molar-refractivity contribution in [2.45, 2.75) is 6.42 Å². The van der Waals surface area contributed by atoms with Gasteiger partial charge in [-0.15, -0.1) is 0 Å². The summed E-state index contributed by atoms with van der Waals surface area (Å²) in [5.74, 6) is -5.48. The number of hydrogen-bond donors (Lipinski definition) is 2. The van der Waals surface area contributed by atoms with Gasteiger partial charge in [-0.3, -0.25) is 9.59 Å². The monoisotopic (exact) mass is 400 g/mol. The molecule has 0 aliphatic carbocycles. The Labute approximate surface area is 144 Å². The molecule has 0 saturated heterocycles. The Kier molecular flexibility index (Phi) is 5.97. The van der Waals surface area contributed by atoms with Gasteiger partial charge in [-0.05, 0) is 36.4 Å². The summed E-state index contributed by atoms with van der Waals surface area (Å²) in [6.07, 6.45) is -0.152. The zero-order valence-corrected chi connectivity index (χ0v) is 13.8. The minimum absolute atomic E-state index is 0.00598. The first-order valence-corrected chi connectivity index (χ1v) is 7.65. The van der Waals surface area contributed by atoms with E-state index < -0.39 is 29.0 Å². The van der Waals surface area contributed by atoms with E-state index in [2.05, 4.69) is 26.6 Å². The first-order valence-electron chi connectivity index (χ1n) is 6.85. The predicted octanol–water partition coefficient (Wildman–Crippen LogP) is 3.63. The topological polar surface area (TPSA) is 58.2 Å². The molecule has 0 aromatic heterocycles. The van der Waals surface area contributed by atoms with E-state index in [0.717, 1.165) is 10.5 Å². The lowest BCUT2D eigenvalue weighted by atomic mass is 10.2. The van der Waals surface area contributed by atoms with Crippen LogP contribution >= 0.6 is 15.9 Å². The minimum Gasteiger partial charge on any atom is -0.352 e. The zero-order valence-electron chi connectivity index (χ0n) is 12.2. The van der Waals surface area contributed by atoms with Gasteiger partial charge in [0, 0.05) is 23.0 Å². The largest absolute Gasteiger partial charge is 0.352 e. The second-order valence-electron chi connectivity index (χ2n) is 4.78. The number of rotatable bonds is 5. The Morgan fingerprint density at radius 1 is 0.958 bits per heavy atom. The van der Waals surface area contributed by atoms with E-state index in [1.807, 2.05) is 0 Å². The lowest BCUT2D eigenvalue weighted by molar-refractivity contribution is -0.116. The van der Waals surface area contributed by atoms with Gasteiger partial charge < -0.3 is 10.6 Å². The molecule has 2 rings (SSSR count). The molecule has 2 N–H and O–H groups in total. The number of anilines is 1. The molecule has 0 fully saturated rings. The fourth-order valence-corrected chi connectivity index (χ4v) is 2.09. The van der Waals surface area contributed by atoms with Gasteiger partial charge in [-0.1, -0.05) is 15.9 Å². The maximum absolute atomic E-state index is 13.4. The van der Waals surface area contributed by atoms with Crippen molar-refractivity contribution in [1.82, 2.24) is 5.32 Å². The quantitative estimate of drug-likeness (QED) is 0.752. The van der Waals surface area contributed by atoms with Crippen molar-refractivity contribution >= 4 is 33.4 Å². The fraction of sp³-hybridized carbons (Fsp3) is 0.125. The zero-order chi connectivity index (χ0) is 17.7. The third-order valence-electron chi connectivity index (χ3n) is 3.05. The number of carbonyl (C=O) groups is 2. The van der Waals surface area contributed by atoms with E-state index in [0.29, 0.717) is 11.6 Å². The Bertz CT molecular complexity index is 767. The Hall–Kier alpha value is -2.35. The van der Waals surface area contributed by atoms with E-state index >= 15 is 0 Å². The summed E-state index contributed by atoms with van der Waals surface area (Å²) in [5.41, 5.74) is -0.0385. The number of amides is 2. The van der Waals surface area contributed by atoms with Gasteiger partial charge in [0.25, 0.3) is 5.91 Å².